The second-order valence-electron chi connectivity index (χ2n) is 6.86. The highest BCUT2D eigenvalue weighted by atomic mass is 32.2. The van der Waals surface area contributed by atoms with Gasteiger partial charge in [0.2, 0.25) is 0 Å². The average molecular weight is 399 g/mol. The number of hydrogen-bond donors (Lipinski definition) is 0. The van der Waals surface area contributed by atoms with Crippen LogP contribution in [-0.4, -0.2) is 33.0 Å². The zero-order valence-electron chi connectivity index (χ0n) is 16.1. The molecular weight excluding hydrogens is 378 g/mol. The van der Waals surface area contributed by atoms with Crippen LogP contribution in [0.15, 0.2) is 50.7 Å². The van der Waals surface area contributed by atoms with E-state index >= 15 is 0 Å². The van der Waals surface area contributed by atoms with E-state index in [1.165, 1.54) is 17.8 Å². The third kappa shape index (κ3) is 4.01. The quantitative estimate of drug-likeness (QED) is 0.403. The molecular formula is C20H21N3O4S. The topological polar surface area (TPSA) is 89.0 Å². The van der Waals surface area contributed by atoms with Crippen molar-refractivity contribution in [1.29, 1.82) is 0 Å². The van der Waals surface area contributed by atoms with Crippen LogP contribution < -0.4 is 0 Å². The largest absolute Gasteiger partial charge is 0.456 e. The number of nitro benzene ring substituents is 1. The summed E-state index contributed by atoms with van der Waals surface area (Å²) in [6, 6.07) is 9.82. The Kier molecular flexibility index (Phi) is 5.69. The van der Waals surface area contributed by atoms with Gasteiger partial charge in [-0.2, -0.15) is 0 Å². The molecule has 146 valence electrons. The van der Waals surface area contributed by atoms with Gasteiger partial charge >= 0.3 is 0 Å². The summed E-state index contributed by atoms with van der Waals surface area (Å²) in [4.78, 5) is 30.3. The highest BCUT2D eigenvalue weighted by Gasteiger charge is 2.35. The van der Waals surface area contributed by atoms with E-state index in [-0.39, 0.29) is 23.7 Å². The lowest BCUT2D eigenvalue weighted by atomic mass is 10.1. The fraction of sp³-hybridized carbons (Fsp3) is 0.300. The predicted octanol–water partition coefficient (Wildman–Crippen LogP) is 4.94. The number of rotatable bonds is 5. The summed E-state index contributed by atoms with van der Waals surface area (Å²) in [7, 11) is 0. The van der Waals surface area contributed by atoms with E-state index in [0.717, 1.165) is 0 Å². The SMILES string of the molecule is CC(C)N=C1S/C(=C\c2ccc(-c3ccccc3[N+](=O)[O-])o2)C(=O)N1C(C)C. The predicted molar refractivity (Wildman–Crippen MR) is 111 cm³/mol. The number of benzene rings is 1. The summed E-state index contributed by atoms with van der Waals surface area (Å²) in [5.74, 6) is 0.716. The molecule has 7 nitrogen and oxygen atoms in total. The van der Waals surface area contributed by atoms with E-state index in [2.05, 4.69) is 4.99 Å². The molecule has 1 aliphatic rings. The Morgan fingerprint density at radius 3 is 2.54 bits per heavy atom. The van der Waals surface area contributed by atoms with Gasteiger partial charge in [-0.1, -0.05) is 12.1 Å². The Balaban J connectivity index is 1.94. The summed E-state index contributed by atoms with van der Waals surface area (Å²) in [5, 5.41) is 11.9. The number of aliphatic imine (C=N–C) groups is 1. The van der Waals surface area contributed by atoms with Gasteiger partial charge in [-0.15, -0.1) is 0 Å². The lowest BCUT2D eigenvalue weighted by Gasteiger charge is -2.20. The van der Waals surface area contributed by atoms with Gasteiger partial charge in [0.25, 0.3) is 11.6 Å². The van der Waals surface area contributed by atoms with Crippen LogP contribution in [-0.2, 0) is 4.79 Å². The third-order valence-corrected chi connectivity index (χ3v) is 4.99. The van der Waals surface area contributed by atoms with Crippen LogP contribution in [0.3, 0.4) is 0 Å². The maximum atomic E-state index is 12.8. The molecule has 1 aromatic heterocycles. The van der Waals surface area contributed by atoms with Crippen LogP contribution in [0.2, 0.25) is 0 Å². The molecule has 0 bridgehead atoms. The van der Waals surface area contributed by atoms with E-state index < -0.39 is 4.92 Å². The first-order chi connectivity index (χ1) is 13.3. The molecule has 8 heteroatoms. The molecule has 0 aliphatic carbocycles. The normalized spacial score (nSPS) is 17.5. The van der Waals surface area contributed by atoms with Gasteiger partial charge in [-0.05, 0) is 57.7 Å². The molecule has 0 spiro atoms. The van der Waals surface area contributed by atoms with Gasteiger partial charge in [0, 0.05) is 24.2 Å². The van der Waals surface area contributed by atoms with Crippen LogP contribution in [0.25, 0.3) is 17.4 Å². The summed E-state index contributed by atoms with van der Waals surface area (Å²) in [6.45, 7) is 7.81. The summed E-state index contributed by atoms with van der Waals surface area (Å²) in [5.41, 5.74) is 0.369. The molecule has 28 heavy (non-hydrogen) atoms. The fourth-order valence-corrected chi connectivity index (χ4v) is 4.01. The summed E-state index contributed by atoms with van der Waals surface area (Å²) in [6.07, 6.45) is 1.66. The number of carbonyl (C=O) groups excluding carboxylic acids is 1. The van der Waals surface area contributed by atoms with Gasteiger partial charge in [0.05, 0.1) is 15.4 Å². The maximum Gasteiger partial charge on any atom is 0.280 e. The highest BCUT2D eigenvalue weighted by molar-refractivity contribution is 8.18. The number of nitrogens with zero attached hydrogens (tertiary/aromatic N) is 3. The van der Waals surface area contributed by atoms with Crippen molar-refractivity contribution in [2.24, 2.45) is 4.99 Å². The van der Waals surface area contributed by atoms with E-state index in [1.807, 2.05) is 27.7 Å². The number of hydrogen-bond acceptors (Lipinski definition) is 6. The van der Waals surface area contributed by atoms with Crippen molar-refractivity contribution in [3.8, 4) is 11.3 Å². The first-order valence-electron chi connectivity index (χ1n) is 8.92. The minimum absolute atomic E-state index is 0.0115. The smallest absolute Gasteiger partial charge is 0.280 e. The van der Waals surface area contributed by atoms with Crippen LogP contribution in [0.5, 0.6) is 0 Å². The lowest BCUT2D eigenvalue weighted by Crippen LogP contribution is -2.35. The number of thioether (sulfide) groups is 1. The number of furan rings is 1. The van der Waals surface area contributed by atoms with Gasteiger partial charge in [0.1, 0.15) is 11.5 Å². The second-order valence-corrected chi connectivity index (χ2v) is 7.87. The summed E-state index contributed by atoms with van der Waals surface area (Å²) < 4.78 is 5.78. The molecule has 1 fully saturated rings. The Morgan fingerprint density at radius 1 is 1.18 bits per heavy atom. The molecule has 2 aromatic rings. The molecule has 0 unspecified atom stereocenters. The van der Waals surface area contributed by atoms with Crippen molar-refractivity contribution >= 4 is 34.6 Å². The Bertz CT molecular complexity index is 975. The Morgan fingerprint density at radius 2 is 1.89 bits per heavy atom. The van der Waals surface area contributed by atoms with Gasteiger partial charge in [-0.3, -0.25) is 24.8 Å². The second kappa shape index (κ2) is 8.02. The monoisotopic (exact) mass is 399 g/mol. The molecule has 1 amide bonds. The first-order valence-corrected chi connectivity index (χ1v) is 9.74. The van der Waals surface area contributed by atoms with Crippen LogP contribution in [0.4, 0.5) is 5.69 Å². The minimum Gasteiger partial charge on any atom is -0.456 e. The molecule has 0 saturated carbocycles. The number of carbonyl (C=O) groups is 1. The zero-order valence-corrected chi connectivity index (χ0v) is 16.9. The highest BCUT2D eigenvalue weighted by Crippen LogP contribution is 2.36. The molecule has 0 N–H and O–H groups in total. The fourth-order valence-electron chi connectivity index (χ4n) is 2.80. The Labute approximate surface area is 167 Å². The standard InChI is InChI=1S/C20H21N3O4S/c1-12(2)21-20-22(13(3)4)19(24)18(28-20)11-14-9-10-17(27-14)15-7-5-6-8-16(15)23(25)26/h5-13H,1-4H3/b18-11-,21-20?. The van der Waals surface area contributed by atoms with Crippen molar-refractivity contribution in [3.63, 3.8) is 0 Å². The van der Waals surface area contributed by atoms with E-state index in [4.69, 9.17) is 4.42 Å². The molecule has 1 aromatic carbocycles. The van der Waals surface area contributed by atoms with Crippen LogP contribution in [0, 0.1) is 10.1 Å². The molecule has 1 aliphatic heterocycles. The van der Waals surface area contributed by atoms with Crippen LogP contribution in [0.1, 0.15) is 33.5 Å². The van der Waals surface area contributed by atoms with Crippen molar-refractivity contribution in [1.82, 2.24) is 4.90 Å². The maximum absolute atomic E-state index is 12.8. The van der Waals surface area contributed by atoms with Crippen molar-refractivity contribution in [2.75, 3.05) is 0 Å². The van der Waals surface area contributed by atoms with E-state index in [9.17, 15) is 14.9 Å². The van der Waals surface area contributed by atoms with Crippen molar-refractivity contribution in [3.05, 3.63) is 57.2 Å². The number of nitro groups is 1. The Hall–Kier alpha value is -2.87. The van der Waals surface area contributed by atoms with Gasteiger partial charge < -0.3 is 4.42 Å². The molecule has 0 radical (unpaired) electrons. The number of amides is 1. The van der Waals surface area contributed by atoms with E-state index in [1.54, 1.807) is 41.3 Å². The molecule has 3 rings (SSSR count). The lowest BCUT2D eigenvalue weighted by molar-refractivity contribution is -0.384. The van der Waals surface area contributed by atoms with Crippen molar-refractivity contribution in [2.45, 2.75) is 39.8 Å². The van der Waals surface area contributed by atoms with Gasteiger partial charge in [0.15, 0.2) is 5.17 Å². The van der Waals surface area contributed by atoms with Crippen molar-refractivity contribution < 1.29 is 14.1 Å². The molecule has 1 saturated heterocycles. The van der Waals surface area contributed by atoms with Crippen LogP contribution >= 0.6 is 11.8 Å². The number of para-hydroxylation sites is 1. The zero-order chi connectivity index (χ0) is 20.4. The minimum atomic E-state index is -0.443. The molecule has 0 atom stereocenters. The first kappa shape index (κ1) is 19.9. The van der Waals surface area contributed by atoms with Gasteiger partial charge in [-0.25, -0.2) is 0 Å². The average Bonchev–Trinajstić information content (AvgIpc) is 3.19. The molecule has 2 heterocycles. The number of amidine groups is 1. The van der Waals surface area contributed by atoms with E-state index in [0.29, 0.717) is 27.2 Å². The summed E-state index contributed by atoms with van der Waals surface area (Å²) >= 11 is 1.31. The third-order valence-electron chi connectivity index (χ3n) is 3.99.